The van der Waals surface area contributed by atoms with Crippen LogP contribution in [-0.2, 0) is 19.2 Å². The smallest absolute Gasteiger partial charge is 0.543 e. The molecule has 4 rings (SSSR count). The standard InChI is InChI=1S/C18H22N6O6S2.Na/c1-18(2)3-8(4-18)30-22-9(12-21-17(19)32-23-12)13(26)20-10-14(27)24-11(16(28)29)7(5-25)6-31-15(10)24;/h8,10,15,25H,3-6H2,1-2H3,(H,20,26)(H,28,29)(H2,19,21,23);/q;+1/p-1/b22-9-;/t10-,15-;/m1./s1. The molecular formula is C18H21N6NaO6S2. The Morgan fingerprint density at radius 1 is 1.42 bits per heavy atom. The van der Waals surface area contributed by atoms with Crippen LogP contribution >= 0.6 is 23.3 Å². The van der Waals surface area contributed by atoms with E-state index in [9.17, 15) is 24.6 Å². The first-order valence-corrected chi connectivity index (χ1v) is 11.6. The minimum Gasteiger partial charge on any atom is -0.543 e. The largest absolute Gasteiger partial charge is 1.00 e. The Balaban J connectivity index is 0.00000306. The van der Waals surface area contributed by atoms with E-state index in [0.717, 1.165) is 29.3 Å². The van der Waals surface area contributed by atoms with Gasteiger partial charge in [-0.15, -0.1) is 11.8 Å². The molecule has 2 fully saturated rings. The number of rotatable bonds is 7. The Labute approximate surface area is 219 Å². The van der Waals surface area contributed by atoms with Gasteiger partial charge in [-0.2, -0.15) is 9.36 Å². The van der Waals surface area contributed by atoms with Crippen LogP contribution in [0, 0.1) is 5.41 Å². The molecule has 2 aliphatic heterocycles. The minimum absolute atomic E-state index is 0. The third-order valence-electron chi connectivity index (χ3n) is 5.44. The first-order valence-electron chi connectivity index (χ1n) is 9.74. The number of nitrogens with zero attached hydrogens (tertiary/aromatic N) is 4. The maximum absolute atomic E-state index is 13.0. The molecule has 0 bridgehead atoms. The van der Waals surface area contributed by atoms with Crippen LogP contribution in [0.4, 0.5) is 5.13 Å². The van der Waals surface area contributed by atoms with Crippen LogP contribution in [0.5, 0.6) is 0 Å². The van der Waals surface area contributed by atoms with Crippen LogP contribution in [0.2, 0.25) is 0 Å². The molecule has 1 saturated carbocycles. The summed E-state index contributed by atoms with van der Waals surface area (Å²) in [5, 5.41) is 26.9. The number of fused-ring (bicyclic) bond motifs is 1. The van der Waals surface area contributed by atoms with Gasteiger partial charge in [0.25, 0.3) is 11.8 Å². The third-order valence-corrected chi connectivity index (χ3v) is 7.32. The van der Waals surface area contributed by atoms with Crippen LogP contribution in [0.3, 0.4) is 0 Å². The number of carboxylic acids is 1. The van der Waals surface area contributed by atoms with E-state index in [1.807, 2.05) is 0 Å². The van der Waals surface area contributed by atoms with Gasteiger partial charge in [0.05, 0.1) is 18.3 Å². The van der Waals surface area contributed by atoms with Crippen molar-refractivity contribution >= 4 is 51.9 Å². The quantitative estimate of drug-likeness (QED) is 0.141. The fraction of sp³-hybridized carbons (Fsp3) is 0.556. The Hall–Kier alpha value is -1.71. The molecule has 4 N–H and O–H groups in total. The van der Waals surface area contributed by atoms with Crippen LogP contribution in [-0.4, -0.2) is 72.7 Å². The zero-order valence-electron chi connectivity index (χ0n) is 18.2. The van der Waals surface area contributed by atoms with E-state index < -0.39 is 35.8 Å². The number of aliphatic hydroxyl groups is 1. The van der Waals surface area contributed by atoms with Crippen molar-refractivity contribution in [2.45, 2.75) is 44.2 Å². The number of carbonyl (C=O) groups is 3. The van der Waals surface area contributed by atoms with Gasteiger partial charge in [-0.05, 0) is 23.8 Å². The van der Waals surface area contributed by atoms with E-state index in [0.29, 0.717) is 0 Å². The van der Waals surface area contributed by atoms with Crippen LogP contribution < -0.4 is 45.7 Å². The zero-order valence-corrected chi connectivity index (χ0v) is 21.9. The molecule has 33 heavy (non-hydrogen) atoms. The van der Waals surface area contributed by atoms with Crippen molar-refractivity contribution in [3.63, 3.8) is 0 Å². The molecule has 172 valence electrons. The van der Waals surface area contributed by atoms with Gasteiger partial charge >= 0.3 is 29.6 Å². The number of β-lactam (4-membered cyclic amide) rings is 1. The maximum Gasteiger partial charge on any atom is 1.00 e. The fourth-order valence-electron chi connectivity index (χ4n) is 3.89. The van der Waals surface area contributed by atoms with Gasteiger partial charge in [0.15, 0.2) is 5.13 Å². The average Bonchev–Trinajstić information content (AvgIpc) is 3.15. The summed E-state index contributed by atoms with van der Waals surface area (Å²) in [7, 11) is 0. The summed E-state index contributed by atoms with van der Waals surface area (Å²) in [5.41, 5.74) is 5.38. The first kappa shape index (κ1) is 25.9. The number of amides is 2. The molecule has 3 heterocycles. The number of oxime groups is 1. The summed E-state index contributed by atoms with van der Waals surface area (Å²) in [4.78, 5) is 47.6. The molecule has 12 nitrogen and oxygen atoms in total. The second kappa shape index (κ2) is 9.88. The van der Waals surface area contributed by atoms with Gasteiger partial charge in [0.1, 0.15) is 17.5 Å². The fourth-order valence-corrected chi connectivity index (χ4v) is 5.66. The molecule has 1 saturated heterocycles. The Morgan fingerprint density at radius 3 is 2.67 bits per heavy atom. The molecule has 1 aromatic rings. The zero-order chi connectivity index (χ0) is 23.2. The van der Waals surface area contributed by atoms with E-state index in [2.05, 4.69) is 33.7 Å². The summed E-state index contributed by atoms with van der Waals surface area (Å²) in [6, 6.07) is -0.995. The molecule has 0 unspecified atom stereocenters. The summed E-state index contributed by atoms with van der Waals surface area (Å²) in [5.74, 6) is -2.77. The van der Waals surface area contributed by atoms with Crippen LogP contribution in [0.25, 0.3) is 0 Å². The molecule has 3 aliphatic rings. The molecule has 2 atom stereocenters. The predicted molar refractivity (Wildman–Crippen MR) is 113 cm³/mol. The van der Waals surface area contributed by atoms with Crippen molar-refractivity contribution in [3.8, 4) is 0 Å². The Kier molecular flexibility index (Phi) is 7.75. The summed E-state index contributed by atoms with van der Waals surface area (Å²) in [6.45, 7) is 3.69. The third kappa shape index (κ3) is 5.05. The number of anilines is 1. The number of nitrogen functional groups attached to an aromatic ring is 1. The van der Waals surface area contributed by atoms with Gasteiger partial charge < -0.3 is 30.9 Å². The topological polar surface area (TPSA) is 183 Å². The minimum atomic E-state index is -1.56. The second-order valence-electron chi connectivity index (χ2n) is 8.45. The molecule has 0 radical (unpaired) electrons. The monoisotopic (exact) mass is 504 g/mol. The normalized spacial score (nSPS) is 24.3. The predicted octanol–water partition coefficient (Wildman–Crippen LogP) is -4.57. The summed E-state index contributed by atoms with van der Waals surface area (Å²) in [6.07, 6.45) is 1.41. The number of nitrogens with one attached hydrogen (secondary N) is 1. The van der Waals surface area contributed by atoms with Gasteiger partial charge in [-0.25, -0.2) is 0 Å². The Bertz CT molecular complexity index is 1040. The van der Waals surface area contributed by atoms with Gasteiger partial charge in [0.2, 0.25) is 11.5 Å². The van der Waals surface area contributed by atoms with Gasteiger partial charge in [-0.3, -0.25) is 14.5 Å². The Morgan fingerprint density at radius 2 is 2.12 bits per heavy atom. The summed E-state index contributed by atoms with van der Waals surface area (Å²) < 4.78 is 4.01. The van der Waals surface area contributed by atoms with Crippen LogP contribution in [0.1, 0.15) is 32.5 Å². The number of thioether (sulfide) groups is 1. The van der Waals surface area contributed by atoms with Crippen LogP contribution in [0.15, 0.2) is 16.4 Å². The van der Waals surface area contributed by atoms with Crippen molar-refractivity contribution < 1.29 is 59.0 Å². The number of nitrogens with two attached hydrogens (primary N) is 1. The average molecular weight is 505 g/mol. The molecule has 0 aromatic carbocycles. The molecular weight excluding hydrogens is 483 g/mol. The van der Waals surface area contributed by atoms with Crippen molar-refractivity contribution in [2.24, 2.45) is 10.6 Å². The maximum atomic E-state index is 13.0. The van der Waals surface area contributed by atoms with Crippen molar-refractivity contribution in [2.75, 3.05) is 18.1 Å². The second-order valence-corrected chi connectivity index (χ2v) is 10.3. The number of hydrogen-bond acceptors (Lipinski definition) is 12. The van der Waals surface area contributed by atoms with E-state index in [1.54, 1.807) is 0 Å². The number of aliphatic carboxylic acids is 1. The molecule has 15 heteroatoms. The van der Waals surface area contributed by atoms with Crippen molar-refractivity contribution in [3.05, 3.63) is 17.1 Å². The van der Waals surface area contributed by atoms with Gasteiger partial charge in [0, 0.05) is 17.3 Å². The molecule has 1 aliphatic carbocycles. The molecule has 1 aromatic heterocycles. The van der Waals surface area contributed by atoms with E-state index >= 15 is 0 Å². The first-order chi connectivity index (χ1) is 15.1. The number of carboxylic acid groups (broad SMARTS) is 1. The molecule has 0 spiro atoms. The van der Waals surface area contributed by atoms with E-state index in [1.165, 1.54) is 11.8 Å². The van der Waals surface area contributed by atoms with E-state index in [4.69, 9.17) is 10.6 Å². The van der Waals surface area contributed by atoms with E-state index in [-0.39, 0.29) is 74.8 Å². The number of aliphatic hydroxyl groups excluding tert-OH is 1. The molecule has 2 amide bonds. The van der Waals surface area contributed by atoms with Gasteiger partial charge in [-0.1, -0.05) is 19.0 Å². The van der Waals surface area contributed by atoms with Crippen molar-refractivity contribution in [1.29, 1.82) is 0 Å². The summed E-state index contributed by atoms with van der Waals surface area (Å²) >= 11 is 2.11. The number of aromatic nitrogens is 2. The SMILES string of the molecule is CC1(C)CC(O/N=C(\C(=O)N[C@@H]2C(=O)N3C(C(=O)[O-])=C(CO)CS[C@H]23)c2nsc(N)n2)C1.[Na+]. The number of hydrogen-bond donors (Lipinski definition) is 3. The number of carbonyl (C=O) groups excluding carboxylic acids is 3. The van der Waals surface area contributed by atoms with Crippen molar-refractivity contribution in [1.82, 2.24) is 19.6 Å².